The molecule has 3 aromatic carbocycles. The van der Waals surface area contributed by atoms with Crippen molar-refractivity contribution in [2.75, 3.05) is 0 Å². The van der Waals surface area contributed by atoms with Gasteiger partial charge < -0.3 is 14.6 Å². The maximum absolute atomic E-state index is 13.6. The molecule has 0 spiro atoms. The van der Waals surface area contributed by atoms with Gasteiger partial charge in [0, 0.05) is 5.56 Å². The first-order valence-electron chi connectivity index (χ1n) is 11.7. The number of carbonyl (C=O) groups is 3. The number of nitrogens with one attached hydrogen (secondary N) is 1. The van der Waals surface area contributed by atoms with Gasteiger partial charge in [0.25, 0.3) is 11.8 Å². The molecule has 2 aliphatic heterocycles. The Morgan fingerprint density at radius 3 is 1.94 bits per heavy atom. The van der Waals surface area contributed by atoms with Crippen molar-refractivity contribution < 1.29 is 23.7 Å². The van der Waals surface area contributed by atoms with Crippen LogP contribution >= 0.6 is 0 Å². The lowest BCUT2D eigenvalue weighted by Gasteiger charge is -2.41. The Morgan fingerprint density at radius 1 is 0.917 bits per heavy atom. The SMILES string of the molecule is CC1(C)[C@H](C(=O)OC(c2ccccc2)c2ccccc2)N2C(=O)[C@H](NC(=O)c3ccccc3)[C@H]2[S+]1[O-]. The van der Waals surface area contributed by atoms with Crippen molar-refractivity contribution in [3.8, 4) is 0 Å². The fourth-order valence-corrected chi connectivity index (χ4v) is 6.77. The van der Waals surface area contributed by atoms with Crippen molar-refractivity contribution in [3.05, 3.63) is 108 Å². The number of hydrogen-bond donors (Lipinski definition) is 1. The standard InChI is InChI=1S/C28H26N2O5S/c1-28(2)23(27(33)35-22(18-12-6-3-7-13-18)19-14-8-4-9-15-19)30-25(32)21(26(30)36(28)34)29-24(31)20-16-10-5-11-17-20/h3-17,21-23,26H,1-2H3,(H,29,31)/t21-,23-,26+,36?/m0/s1. The van der Waals surface area contributed by atoms with Gasteiger partial charge in [-0.25, -0.2) is 4.79 Å². The molecule has 1 unspecified atom stereocenters. The van der Waals surface area contributed by atoms with Crippen LogP contribution in [0, 0.1) is 0 Å². The molecule has 36 heavy (non-hydrogen) atoms. The van der Waals surface area contributed by atoms with Gasteiger partial charge in [0.15, 0.2) is 22.9 Å². The smallest absolute Gasteiger partial charge is 0.335 e. The first kappa shape index (κ1) is 24.1. The van der Waals surface area contributed by atoms with Crippen LogP contribution in [0.25, 0.3) is 0 Å². The molecule has 2 heterocycles. The molecule has 2 aliphatic rings. The number of fused-ring (bicyclic) bond motifs is 1. The number of hydrogen-bond acceptors (Lipinski definition) is 5. The van der Waals surface area contributed by atoms with Crippen LogP contribution in [0.5, 0.6) is 0 Å². The van der Waals surface area contributed by atoms with Gasteiger partial charge >= 0.3 is 5.97 Å². The third-order valence-corrected chi connectivity index (χ3v) is 8.94. The Hall–Kier alpha value is -3.62. The summed E-state index contributed by atoms with van der Waals surface area (Å²) in [5.41, 5.74) is 1.97. The number of β-lactam (4-membered cyclic amide) rings is 1. The number of esters is 1. The van der Waals surface area contributed by atoms with Gasteiger partial charge in [-0.15, -0.1) is 0 Å². The van der Waals surface area contributed by atoms with Gasteiger partial charge in [-0.2, -0.15) is 0 Å². The summed E-state index contributed by atoms with van der Waals surface area (Å²) in [6, 6.07) is 25.2. The van der Waals surface area contributed by atoms with Crippen molar-refractivity contribution in [1.82, 2.24) is 10.2 Å². The van der Waals surface area contributed by atoms with Crippen LogP contribution in [0.3, 0.4) is 0 Å². The summed E-state index contributed by atoms with van der Waals surface area (Å²) in [6.45, 7) is 3.38. The summed E-state index contributed by atoms with van der Waals surface area (Å²) >= 11 is -1.61. The number of benzene rings is 3. The van der Waals surface area contributed by atoms with E-state index in [1.54, 1.807) is 44.2 Å². The monoisotopic (exact) mass is 502 g/mol. The molecular formula is C28H26N2O5S. The minimum Gasteiger partial charge on any atom is -0.614 e. The largest absolute Gasteiger partial charge is 0.614 e. The van der Waals surface area contributed by atoms with Crippen LogP contribution in [-0.2, 0) is 25.5 Å². The van der Waals surface area contributed by atoms with Gasteiger partial charge in [-0.1, -0.05) is 78.9 Å². The second-order valence-corrected chi connectivity index (χ2v) is 11.5. The summed E-state index contributed by atoms with van der Waals surface area (Å²) in [5, 5.41) is 1.90. The van der Waals surface area contributed by atoms with E-state index in [-0.39, 0.29) is 0 Å². The average molecular weight is 503 g/mol. The van der Waals surface area contributed by atoms with E-state index in [1.807, 2.05) is 60.7 Å². The second-order valence-electron chi connectivity index (χ2n) is 9.39. The Morgan fingerprint density at radius 2 is 1.42 bits per heavy atom. The van der Waals surface area contributed by atoms with Crippen molar-refractivity contribution in [2.24, 2.45) is 0 Å². The number of amides is 2. The molecule has 0 saturated carbocycles. The van der Waals surface area contributed by atoms with E-state index in [1.165, 1.54) is 4.90 Å². The molecule has 2 fully saturated rings. The maximum atomic E-state index is 13.6. The Balaban J connectivity index is 1.39. The fourth-order valence-electron chi connectivity index (χ4n) is 4.85. The highest BCUT2D eigenvalue weighted by Crippen LogP contribution is 2.47. The molecular weight excluding hydrogens is 476 g/mol. The minimum absolute atomic E-state index is 0.399. The molecule has 5 rings (SSSR count). The molecule has 0 aliphatic carbocycles. The normalized spacial score (nSPS) is 24.1. The predicted octanol–water partition coefficient (Wildman–Crippen LogP) is 3.20. The Labute approximate surface area is 212 Å². The quantitative estimate of drug-likeness (QED) is 0.317. The van der Waals surface area contributed by atoms with Gasteiger partial charge in [0.2, 0.25) is 5.37 Å². The molecule has 2 amide bonds. The first-order valence-corrected chi connectivity index (χ1v) is 12.9. The van der Waals surface area contributed by atoms with Crippen LogP contribution in [0.2, 0.25) is 0 Å². The van der Waals surface area contributed by atoms with E-state index in [4.69, 9.17) is 4.74 Å². The summed E-state index contributed by atoms with van der Waals surface area (Å²) in [4.78, 5) is 40.7. The molecule has 0 bridgehead atoms. The Bertz CT molecular complexity index is 1230. The third kappa shape index (κ3) is 4.06. The van der Waals surface area contributed by atoms with Crippen LogP contribution in [0.4, 0.5) is 0 Å². The van der Waals surface area contributed by atoms with Gasteiger partial charge in [0.05, 0.1) is 0 Å². The van der Waals surface area contributed by atoms with Gasteiger partial charge in [-0.05, 0) is 48.3 Å². The van der Waals surface area contributed by atoms with E-state index in [0.717, 1.165) is 11.1 Å². The molecule has 0 radical (unpaired) electrons. The highest BCUT2D eigenvalue weighted by Gasteiger charge is 2.73. The number of carbonyl (C=O) groups excluding carboxylic acids is 3. The van der Waals surface area contributed by atoms with Crippen LogP contribution in [0.1, 0.15) is 41.4 Å². The Kier molecular flexibility index (Phi) is 6.32. The van der Waals surface area contributed by atoms with E-state index >= 15 is 0 Å². The highest BCUT2D eigenvalue weighted by molar-refractivity contribution is 7.94. The van der Waals surface area contributed by atoms with E-state index in [2.05, 4.69) is 5.32 Å². The van der Waals surface area contributed by atoms with Crippen LogP contribution in [0.15, 0.2) is 91.0 Å². The maximum Gasteiger partial charge on any atom is 0.335 e. The lowest BCUT2D eigenvalue weighted by Crippen LogP contribution is -2.72. The molecule has 8 heteroatoms. The molecule has 184 valence electrons. The molecule has 4 atom stereocenters. The summed E-state index contributed by atoms with van der Waals surface area (Å²) in [5.74, 6) is -1.50. The molecule has 7 nitrogen and oxygen atoms in total. The zero-order chi connectivity index (χ0) is 25.4. The zero-order valence-electron chi connectivity index (χ0n) is 19.9. The summed E-state index contributed by atoms with van der Waals surface area (Å²) in [6.07, 6.45) is -0.687. The van der Waals surface area contributed by atoms with E-state index < -0.39 is 57.3 Å². The zero-order valence-corrected chi connectivity index (χ0v) is 20.7. The van der Waals surface area contributed by atoms with Crippen molar-refractivity contribution in [2.45, 2.75) is 42.2 Å². The lowest BCUT2D eigenvalue weighted by molar-refractivity contribution is -0.166. The molecule has 3 aromatic rings. The molecule has 1 N–H and O–H groups in total. The van der Waals surface area contributed by atoms with E-state index in [9.17, 15) is 18.9 Å². The predicted molar refractivity (Wildman–Crippen MR) is 135 cm³/mol. The van der Waals surface area contributed by atoms with E-state index in [0.29, 0.717) is 5.56 Å². The van der Waals surface area contributed by atoms with Crippen LogP contribution < -0.4 is 5.32 Å². The van der Waals surface area contributed by atoms with Crippen molar-refractivity contribution in [1.29, 1.82) is 0 Å². The summed E-state index contributed by atoms with van der Waals surface area (Å²) < 4.78 is 18.4. The number of nitrogens with zero attached hydrogens (tertiary/aromatic N) is 1. The van der Waals surface area contributed by atoms with Gasteiger partial charge in [0.1, 0.15) is 0 Å². The average Bonchev–Trinajstić information content (AvgIpc) is 3.10. The second kappa shape index (κ2) is 9.44. The van der Waals surface area contributed by atoms with Crippen molar-refractivity contribution in [3.63, 3.8) is 0 Å². The van der Waals surface area contributed by atoms with Crippen molar-refractivity contribution >= 4 is 29.0 Å². The van der Waals surface area contributed by atoms with Gasteiger partial charge in [-0.3, -0.25) is 14.5 Å². The summed E-state index contributed by atoms with van der Waals surface area (Å²) in [7, 11) is 0. The molecule has 0 aromatic heterocycles. The third-order valence-electron chi connectivity index (χ3n) is 6.74. The minimum atomic E-state index is -1.61. The number of rotatable bonds is 6. The lowest BCUT2D eigenvalue weighted by atomic mass is 9.95. The highest BCUT2D eigenvalue weighted by atomic mass is 32.2. The molecule has 2 saturated heterocycles. The van der Waals surface area contributed by atoms with Crippen LogP contribution in [-0.4, -0.2) is 49.4 Å². The fraction of sp³-hybridized carbons (Fsp3) is 0.250. The number of ether oxygens (including phenoxy) is 1. The topological polar surface area (TPSA) is 98.8 Å². The first-order chi connectivity index (χ1) is 17.3.